The maximum absolute atomic E-state index is 9.92. The molecule has 0 fully saturated rings. The second-order valence-corrected chi connectivity index (χ2v) is 2.50. The van der Waals surface area contributed by atoms with E-state index in [4.69, 9.17) is 0 Å². The Kier molecular flexibility index (Phi) is 2.56. The van der Waals surface area contributed by atoms with E-state index >= 15 is 0 Å². The first kappa shape index (κ1) is 8.43. The molecule has 0 amide bonds. The standard InChI is InChI=1S/C8H9N3O/c1-11(2)8-3-7(10-6-12)4-9-5-8/h3-5H,1-2H3. The number of aromatic nitrogens is 1. The highest BCUT2D eigenvalue weighted by Gasteiger charge is 1.96. The van der Waals surface area contributed by atoms with Crippen LogP contribution < -0.4 is 4.90 Å². The number of aliphatic imine (C=N–C) groups is 1. The molecule has 1 heterocycles. The third-order valence-corrected chi connectivity index (χ3v) is 1.40. The van der Waals surface area contributed by atoms with E-state index in [1.807, 2.05) is 19.0 Å². The molecule has 0 radical (unpaired) electrons. The van der Waals surface area contributed by atoms with Gasteiger partial charge in [-0.05, 0) is 6.07 Å². The minimum absolute atomic E-state index is 0.524. The Labute approximate surface area is 70.6 Å². The fourth-order valence-electron chi connectivity index (χ4n) is 0.774. The second-order valence-electron chi connectivity index (χ2n) is 2.50. The summed E-state index contributed by atoms with van der Waals surface area (Å²) in [7, 11) is 3.79. The largest absolute Gasteiger partial charge is 0.376 e. The van der Waals surface area contributed by atoms with Crippen LogP contribution in [0.4, 0.5) is 11.4 Å². The highest BCUT2D eigenvalue weighted by atomic mass is 16.1. The summed E-state index contributed by atoms with van der Waals surface area (Å²) in [5.74, 6) is 0. The van der Waals surface area contributed by atoms with E-state index in [0.29, 0.717) is 5.69 Å². The zero-order valence-electron chi connectivity index (χ0n) is 6.98. The van der Waals surface area contributed by atoms with E-state index in [9.17, 15) is 4.79 Å². The molecule has 0 atom stereocenters. The summed E-state index contributed by atoms with van der Waals surface area (Å²) in [4.78, 5) is 19.2. The molecule has 0 saturated carbocycles. The lowest BCUT2D eigenvalue weighted by Crippen LogP contribution is -2.08. The fraction of sp³-hybridized carbons (Fsp3) is 0.250. The Morgan fingerprint density at radius 1 is 1.50 bits per heavy atom. The number of hydrogen-bond acceptors (Lipinski definition) is 4. The Morgan fingerprint density at radius 3 is 2.83 bits per heavy atom. The van der Waals surface area contributed by atoms with E-state index in [0.717, 1.165) is 5.69 Å². The summed E-state index contributed by atoms with van der Waals surface area (Å²) < 4.78 is 0. The third kappa shape index (κ3) is 1.90. The predicted octanol–water partition coefficient (Wildman–Crippen LogP) is 1.11. The van der Waals surface area contributed by atoms with Gasteiger partial charge in [-0.2, -0.15) is 4.99 Å². The van der Waals surface area contributed by atoms with Gasteiger partial charge in [-0.25, -0.2) is 4.79 Å². The van der Waals surface area contributed by atoms with Gasteiger partial charge in [-0.3, -0.25) is 4.98 Å². The van der Waals surface area contributed by atoms with Gasteiger partial charge in [0.1, 0.15) is 0 Å². The Morgan fingerprint density at radius 2 is 2.25 bits per heavy atom. The average molecular weight is 163 g/mol. The van der Waals surface area contributed by atoms with Crippen LogP contribution in [0.25, 0.3) is 0 Å². The van der Waals surface area contributed by atoms with Crippen molar-refractivity contribution in [1.82, 2.24) is 4.98 Å². The normalized spacial score (nSPS) is 8.83. The van der Waals surface area contributed by atoms with E-state index < -0.39 is 0 Å². The van der Waals surface area contributed by atoms with Crippen LogP contribution in [0.1, 0.15) is 0 Å². The van der Waals surface area contributed by atoms with Crippen LogP contribution in [0.3, 0.4) is 0 Å². The smallest absolute Gasteiger partial charge is 0.240 e. The van der Waals surface area contributed by atoms with Crippen molar-refractivity contribution in [3.8, 4) is 0 Å². The Hall–Kier alpha value is -1.67. The summed E-state index contributed by atoms with van der Waals surface area (Å²) in [6, 6.07) is 1.76. The van der Waals surface area contributed by atoms with Gasteiger partial charge in [0, 0.05) is 14.1 Å². The van der Waals surface area contributed by atoms with E-state index in [1.165, 1.54) is 12.3 Å². The Balaban J connectivity index is 3.03. The van der Waals surface area contributed by atoms with Crippen molar-refractivity contribution in [2.24, 2.45) is 4.99 Å². The zero-order chi connectivity index (χ0) is 8.97. The van der Waals surface area contributed by atoms with Gasteiger partial charge in [0.05, 0.1) is 23.8 Å². The second kappa shape index (κ2) is 3.64. The molecule has 62 valence electrons. The molecule has 1 aromatic rings. The van der Waals surface area contributed by atoms with Gasteiger partial charge < -0.3 is 4.90 Å². The number of pyridine rings is 1. The highest BCUT2D eigenvalue weighted by Crippen LogP contribution is 2.16. The average Bonchev–Trinajstić information content (AvgIpc) is 2.05. The van der Waals surface area contributed by atoms with Crippen LogP contribution in [-0.4, -0.2) is 25.2 Å². The first-order chi connectivity index (χ1) is 5.74. The monoisotopic (exact) mass is 163 g/mol. The molecule has 0 aliphatic carbocycles. The quantitative estimate of drug-likeness (QED) is 0.484. The van der Waals surface area contributed by atoms with Crippen molar-refractivity contribution < 1.29 is 4.79 Å². The van der Waals surface area contributed by atoms with Gasteiger partial charge in [-0.1, -0.05) is 0 Å². The molecule has 4 nitrogen and oxygen atoms in total. The minimum atomic E-state index is 0.524. The lowest BCUT2D eigenvalue weighted by molar-refractivity contribution is 0.565. The molecule has 0 aliphatic rings. The number of rotatable bonds is 2. The maximum Gasteiger partial charge on any atom is 0.240 e. The number of anilines is 1. The molecule has 4 heteroatoms. The summed E-state index contributed by atoms with van der Waals surface area (Å²) in [5, 5.41) is 0. The lowest BCUT2D eigenvalue weighted by atomic mass is 10.3. The van der Waals surface area contributed by atoms with Crippen LogP contribution in [0.5, 0.6) is 0 Å². The first-order valence-electron chi connectivity index (χ1n) is 3.44. The third-order valence-electron chi connectivity index (χ3n) is 1.40. The number of carbonyl (C=O) groups excluding carboxylic acids is 1. The van der Waals surface area contributed by atoms with Crippen LogP contribution in [0.15, 0.2) is 23.5 Å². The molecule has 0 saturated heterocycles. The van der Waals surface area contributed by atoms with Crippen molar-refractivity contribution in [2.45, 2.75) is 0 Å². The lowest BCUT2D eigenvalue weighted by Gasteiger charge is -2.10. The molecule has 0 bridgehead atoms. The van der Waals surface area contributed by atoms with Gasteiger partial charge in [0.15, 0.2) is 0 Å². The molecule has 1 aromatic heterocycles. The molecule has 0 spiro atoms. The summed E-state index contributed by atoms with van der Waals surface area (Å²) >= 11 is 0. The SMILES string of the molecule is CN(C)c1cncc(N=C=O)c1. The molecular weight excluding hydrogens is 154 g/mol. The van der Waals surface area contributed by atoms with Crippen molar-refractivity contribution in [1.29, 1.82) is 0 Å². The summed E-state index contributed by atoms with van der Waals surface area (Å²) in [6.07, 6.45) is 4.68. The maximum atomic E-state index is 9.92. The van der Waals surface area contributed by atoms with Crippen molar-refractivity contribution in [3.63, 3.8) is 0 Å². The predicted molar refractivity (Wildman–Crippen MR) is 46.3 cm³/mol. The van der Waals surface area contributed by atoms with Crippen molar-refractivity contribution in [2.75, 3.05) is 19.0 Å². The molecule has 0 N–H and O–H groups in total. The fourth-order valence-corrected chi connectivity index (χ4v) is 0.774. The van der Waals surface area contributed by atoms with Gasteiger partial charge in [0.2, 0.25) is 6.08 Å². The number of isocyanates is 1. The minimum Gasteiger partial charge on any atom is -0.376 e. The molecule has 0 aliphatic heterocycles. The van der Waals surface area contributed by atoms with Crippen LogP contribution in [0, 0.1) is 0 Å². The van der Waals surface area contributed by atoms with Crippen molar-refractivity contribution >= 4 is 17.5 Å². The molecule has 12 heavy (non-hydrogen) atoms. The number of nitrogens with zero attached hydrogens (tertiary/aromatic N) is 3. The topological polar surface area (TPSA) is 45.6 Å². The van der Waals surface area contributed by atoms with E-state index in [-0.39, 0.29) is 0 Å². The van der Waals surface area contributed by atoms with Crippen LogP contribution in [-0.2, 0) is 4.79 Å². The Bertz CT molecular complexity index is 316. The van der Waals surface area contributed by atoms with E-state index in [1.54, 1.807) is 12.3 Å². The van der Waals surface area contributed by atoms with Crippen LogP contribution in [0.2, 0.25) is 0 Å². The zero-order valence-corrected chi connectivity index (χ0v) is 6.98. The van der Waals surface area contributed by atoms with Gasteiger partial charge in [-0.15, -0.1) is 0 Å². The molecular formula is C8H9N3O. The summed E-state index contributed by atoms with van der Waals surface area (Å²) in [5.41, 5.74) is 1.43. The molecule has 0 unspecified atom stereocenters. The van der Waals surface area contributed by atoms with Crippen molar-refractivity contribution in [3.05, 3.63) is 18.5 Å². The highest BCUT2D eigenvalue weighted by molar-refractivity contribution is 5.55. The summed E-state index contributed by atoms with van der Waals surface area (Å²) in [6.45, 7) is 0. The molecule has 0 aromatic carbocycles. The van der Waals surface area contributed by atoms with E-state index in [2.05, 4.69) is 9.98 Å². The van der Waals surface area contributed by atoms with Gasteiger partial charge in [0.25, 0.3) is 0 Å². The molecule has 1 rings (SSSR count). The number of hydrogen-bond donors (Lipinski definition) is 0. The van der Waals surface area contributed by atoms with Gasteiger partial charge >= 0.3 is 0 Å². The first-order valence-corrected chi connectivity index (χ1v) is 3.44. The van der Waals surface area contributed by atoms with Crippen LogP contribution >= 0.6 is 0 Å².